The number of nitrogens with zero attached hydrogens (tertiary/aromatic N) is 1. The molecule has 0 unspecified atom stereocenters. The fourth-order valence-corrected chi connectivity index (χ4v) is 7.90. The molecule has 0 aliphatic heterocycles. The van der Waals surface area contributed by atoms with Crippen molar-refractivity contribution < 1.29 is 4.42 Å². The van der Waals surface area contributed by atoms with Crippen LogP contribution in [0.4, 0.5) is 17.1 Å². The summed E-state index contributed by atoms with van der Waals surface area (Å²) in [5.41, 5.74) is 9.23. The van der Waals surface area contributed by atoms with E-state index in [1.165, 1.54) is 53.8 Å². The van der Waals surface area contributed by atoms with E-state index in [4.69, 9.17) is 4.42 Å². The van der Waals surface area contributed by atoms with E-state index in [-0.39, 0.29) is 0 Å². The Labute approximate surface area is 253 Å². The lowest BCUT2D eigenvalue weighted by Crippen LogP contribution is -2.10. The van der Waals surface area contributed by atoms with Crippen LogP contribution in [-0.4, -0.2) is 0 Å². The summed E-state index contributed by atoms with van der Waals surface area (Å²) in [5.74, 6) is 0. The van der Waals surface area contributed by atoms with E-state index in [0.29, 0.717) is 0 Å². The zero-order chi connectivity index (χ0) is 28.3. The second-order valence-corrected chi connectivity index (χ2v) is 12.3. The first-order chi connectivity index (χ1) is 21.3. The molecule has 0 saturated carbocycles. The van der Waals surface area contributed by atoms with Gasteiger partial charge in [-0.2, -0.15) is 0 Å². The number of anilines is 3. The van der Waals surface area contributed by atoms with Gasteiger partial charge in [0.1, 0.15) is 11.2 Å². The molecule has 2 nitrogen and oxygen atoms in total. The lowest BCUT2D eigenvalue weighted by molar-refractivity contribution is 0.669. The number of furan rings is 1. The average Bonchev–Trinajstić information content (AvgIpc) is 3.63. The van der Waals surface area contributed by atoms with Crippen molar-refractivity contribution in [3.8, 4) is 11.1 Å². The third kappa shape index (κ3) is 3.93. The maximum absolute atomic E-state index is 6.13. The van der Waals surface area contributed by atoms with Crippen LogP contribution in [0.3, 0.4) is 0 Å². The second-order valence-electron chi connectivity index (χ2n) is 11.2. The standard InChI is InChI=1S/C40H27NOS/c1-2-10-27(11-3-1)41(28-19-23-40-35(25-28)33-15-7-9-17-39(33)43-40)36-21-20-29(30-12-4-5-13-31(30)36)26-18-22-38-34(24-26)32-14-6-8-16-37(32)42-38/h1-6,8-14,16-25H,7,15H2. The fourth-order valence-electron chi connectivity index (χ4n) is 6.73. The number of fused-ring (bicyclic) bond motifs is 7. The number of hydrogen-bond donors (Lipinski definition) is 0. The number of rotatable bonds is 4. The molecule has 6 aromatic carbocycles. The van der Waals surface area contributed by atoms with Crippen molar-refractivity contribution in [2.75, 3.05) is 4.90 Å². The smallest absolute Gasteiger partial charge is 0.135 e. The van der Waals surface area contributed by atoms with Crippen molar-refractivity contribution in [2.24, 2.45) is 0 Å². The fraction of sp³-hybridized carbons (Fsp3) is 0.0500. The Morgan fingerprint density at radius 3 is 2.28 bits per heavy atom. The highest BCUT2D eigenvalue weighted by molar-refractivity contribution is 7.20. The van der Waals surface area contributed by atoms with Crippen LogP contribution in [0.1, 0.15) is 16.9 Å². The number of thiophene rings is 1. The van der Waals surface area contributed by atoms with Gasteiger partial charge in [-0.3, -0.25) is 0 Å². The summed E-state index contributed by atoms with van der Waals surface area (Å²) < 4.78 is 7.49. The largest absolute Gasteiger partial charge is 0.456 e. The SMILES string of the molecule is C1=Cc2sc3ccc(N(c4ccccc4)c4ccc(-c5ccc6oc7ccccc7c6c5)c5ccccc45)cc3c2CC1. The van der Waals surface area contributed by atoms with Crippen LogP contribution in [0, 0.1) is 0 Å². The zero-order valence-electron chi connectivity index (χ0n) is 23.5. The molecular weight excluding hydrogens is 543 g/mol. The Kier molecular flexibility index (Phi) is 5.53. The van der Waals surface area contributed by atoms with Gasteiger partial charge in [0, 0.05) is 37.1 Å². The van der Waals surface area contributed by atoms with Gasteiger partial charge >= 0.3 is 0 Å². The zero-order valence-corrected chi connectivity index (χ0v) is 24.3. The van der Waals surface area contributed by atoms with Crippen LogP contribution in [0.5, 0.6) is 0 Å². The monoisotopic (exact) mass is 569 g/mol. The van der Waals surface area contributed by atoms with Crippen molar-refractivity contribution in [1.82, 2.24) is 0 Å². The number of benzene rings is 6. The highest BCUT2D eigenvalue weighted by Gasteiger charge is 2.20. The van der Waals surface area contributed by atoms with Crippen LogP contribution >= 0.6 is 11.3 Å². The Morgan fingerprint density at radius 2 is 1.37 bits per heavy atom. The molecule has 2 heterocycles. The third-order valence-corrected chi connectivity index (χ3v) is 9.92. The molecule has 0 spiro atoms. The Hall–Kier alpha value is -5.12. The minimum Gasteiger partial charge on any atom is -0.456 e. The molecule has 204 valence electrons. The van der Waals surface area contributed by atoms with E-state index in [1.54, 1.807) is 0 Å². The van der Waals surface area contributed by atoms with Gasteiger partial charge < -0.3 is 9.32 Å². The van der Waals surface area contributed by atoms with E-state index in [1.807, 2.05) is 23.5 Å². The molecule has 0 amide bonds. The van der Waals surface area contributed by atoms with E-state index in [0.717, 1.165) is 40.5 Å². The Balaban J connectivity index is 1.25. The molecule has 0 fully saturated rings. The van der Waals surface area contributed by atoms with Crippen LogP contribution in [0.2, 0.25) is 0 Å². The quantitative estimate of drug-likeness (QED) is 0.210. The predicted molar refractivity (Wildman–Crippen MR) is 184 cm³/mol. The highest BCUT2D eigenvalue weighted by Crippen LogP contribution is 2.45. The molecule has 0 atom stereocenters. The Morgan fingerprint density at radius 1 is 0.581 bits per heavy atom. The molecule has 9 rings (SSSR count). The minimum absolute atomic E-state index is 0.919. The second kappa shape index (κ2) is 9.72. The molecule has 43 heavy (non-hydrogen) atoms. The first-order valence-corrected chi connectivity index (χ1v) is 15.6. The molecule has 8 aromatic rings. The van der Waals surface area contributed by atoms with Gasteiger partial charge in [-0.1, -0.05) is 78.9 Å². The van der Waals surface area contributed by atoms with Crippen molar-refractivity contribution in [3.63, 3.8) is 0 Å². The summed E-state index contributed by atoms with van der Waals surface area (Å²) in [4.78, 5) is 3.82. The summed E-state index contributed by atoms with van der Waals surface area (Å²) >= 11 is 1.90. The molecule has 0 N–H and O–H groups in total. The molecule has 2 aromatic heterocycles. The molecule has 0 saturated heterocycles. The van der Waals surface area contributed by atoms with Crippen LogP contribution in [-0.2, 0) is 6.42 Å². The number of para-hydroxylation sites is 2. The number of hydrogen-bond acceptors (Lipinski definition) is 3. The molecule has 0 bridgehead atoms. The van der Waals surface area contributed by atoms with Crippen molar-refractivity contribution >= 4 is 77.3 Å². The summed E-state index contributed by atoms with van der Waals surface area (Å²) in [6.07, 6.45) is 6.82. The summed E-state index contributed by atoms with van der Waals surface area (Å²) in [5, 5.41) is 6.12. The summed E-state index contributed by atoms with van der Waals surface area (Å²) in [7, 11) is 0. The minimum atomic E-state index is 0.919. The van der Waals surface area contributed by atoms with Gasteiger partial charge in [0.15, 0.2) is 0 Å². The first kappa shape index (κ1) is 24.5. The predicted octanol–water partition coefficient (Wildman–Crippen LogP) is 12.1. The molecule has 1 aliphatic carbocycles. The molecule has 3 heteroatoms. The van der Waals surface area contributed by atoms with Crippen LogP contribution in [0.25, 0.3) is 60.0 Å². The van der Waals surface area contributed by atoms with Gasteiger partial charge in [-0.25, -0.2) is 0 Å². The first-order valence-electron chi connectivity index (χ1n) is 14.8. The van der Waals surface area contributed by atoms with Crippen molar-refractivity contribution in [2.45, 2.75) is 12.8 Å². The van der Waals surface area contributed by atoms with Gasteiger partial charge in [0.2, 0.25) is 0 Å². The summed E-state index contributed by atoms with van der Waals surface area (Å²) in [6, 6.07) is 46.0. The number of allylic oxidation sites excluding steroid dienone is 1. The average molecular weight is 570 g/mol. The maximum Gasteiger partial charge on any atom is 0.135 e. The van der Waals surface area contributed by atoms with E-state index in [9.17, 15) is 0 Å². The third-order valence-electron chi connectivity index (χ3n) is 8.74. The lowest BCUT2D eigenvalue weighted by Gasteiger charge is -2.27. The van der Waals surface area contributed by atoms with Crippen LogP contribution < -0.4 is 4.90 Å². The normalized spacial score (nSPS) is 12.8. The van der Waals surface area contributed by atoms with Gasteiger partial charge in [0.25, 0.3) is 0 Å². The van der Waals surface area contributed by atoms with Crippen LogP contribution in [0.15, 0.2) is 138 Å². The lowest BCUT2D eigenvalue weighted by atomic mass is 9.95. The van der Waals surface area contributed by atoms with Crippen molar-refractivity contribution in [3.05, 3.63) is 144 Å². The van der Waals surface area contributed by atoms with Gasteiger partial charge in [-0.05, 0) is 101 Å². The topological polar surface area (TPSA) is 16.4 Å². The van der Waals surface area contributed by atoms with Crippen molar-refractivity contribution in [1.29, 1.82) is 0 Å². The maximum atomic E-state index is 6.13. The van der Waals surface area contributed by atoms with E-state index < -0.39 is 0 Å². The molecule has 0 radical (unpaired) electrons. The van der Waals surface area contributed by atoms with Gasteiger partial charge in [0.05, 0.1) is 5.69 Å². The number of aryl methyl sites for hydroxylation is 1. The van der Waals surface area contributed by atoms with E-state index >= 15 is 0 Å². The molecular formula is C40H27NOS. The summed E-state index contributed by atoms with van der Waals surface area (Å²) in [6.45, 7) is 0. The Bertz CT molecular complexity index is 2360. The highest BCUT2D eigenvalue weighted by atomic mass is 32.1. The van der Waals surface area contributed by atoms with Gasteiger partial charge in [-0.15, -0.1) is 11.3 Å². The van der Waals surface area contributed by atoms with E-state index in [2.05, 4.69) is 132 Å². The molecule has 1 aliphatic rings.